The van der Waals surface area contributed by atoms with E-state index in [1.54, 1.807) is 30.3 Å². The number of carboxylic acid groups (broad SMARTS) is 1. The average molecular weight is 507 g/mol. The van der Waals surface area contributed by atoms with Crippen molar-refractivity contribution < 1.29 is 35.7 Å². The molecular formula is C21H25F3N2O5S2. The molecule has 0 amide bonds. The van der Waals surface area contributed by atoms with Crippen molar-refractivity contribution in [3.63, 3.8) is 0 Å². The molecule has 182 valence electrons. The fraction of sp³-hybridized carbons (Fsp3) is 0.381. The van der Waals surface area contributed by atoms with Gasteiger partial charge in [0.1, 0.15) is 6.04 Å². The van der Waals surface area contributed by atoms with Crippen LogP contribution >= 0.6 is 0 Å². The summed E-state index contributed by atoms with van der Waals surface area (Å²) in [4.78, 5) is 10.6. The van der Waals surface area contributed by atoms with Gasteiger partial charge in [-0.25, -0.2) is 12.6 Å². The van der Waals surface area contributed by atoms with E-state index in [9.17, 15) is 30.6 Å². The number of carboxylic acids is 1. The third-order valence-electron chi connectivity index (χ3n) is 5.05. The maximum absolute atomic E-state index is 13.7. The average Bonchev–Trinajstić information content (AvgIpc) is 2.72. The van der Waals surface area contributed by atoms with Gasteiger partial charge < -0.3 is 10.8 Å². The van der Waals surface area contributed by atoms with Crippen LogP contribution in [0, 0.1) is 4.78 Å². The van der Waals surface area contributed by atoms with Crippen LogP contribution in [0.1, 0.15) is 29.9 Å². The Morgan fingerprint density at radius 2 is 1.52 bits per heavy atom. The van der Waals surface area contributed by atoms with E-state index in [0.29, 0.717) is 5.56 Å². The summed E-state index contributed by atoms with van der Waals surface area (Å²) in [5.41, 5.74) is 5.63. The van der Waals surface area contributed by atoms with E-state index in [1.165, 1.54) is 0 Å². The number of hydrogen-bond donors (Lipinski definition) is 3. The Morgan fingerprint density at radius 3 is 2.03 bits per heavy atom. The van der Waals surface area contributed by atoms with Crippen molar-refractivity contribution in [1.29, 1.82) is 4.78 Å². The van der Waals surface area contributed by atoms with E-state index in [0.717, 1.165) is 24.3 Å². The number of aliphatic carboxylic acids is 1. The van der Waals surface area contributed by atoms with Crippen LogP contribution in [0.4, 0.5) is 13.2 Å². The number of hydrogen-bond acceptors (Lipinski definition) is 6. The number of halogens is 3. The van der Waals surface area contributed by atoms with Crippen LogP contribution in [-0.4, -0.2) is 47.4 Å². The fourth-order valence-corrected chi connectivity index (χ4v) is 5.96. The first-order valence-corrected chi connectivity index (χ1v) is 13.4. The largest absolute Gasteiger partial charge is 0.480 e. The minimum absolute atomic E-state index is 0.122. The summed E-state index contributed by atoms with van der Waals surface area (Å²) in [6.07, 6.45) is -5.66. The van der Waals surface area contributed by atoms with Crippen LogP contribution in [0.25, 0.3) is 0 Å². The van der Waals surface area contributed by atoms with Crippen LogP contribution in [0.15, 0.2) is 59.5 Å². The van der Waals surface area contributed by atoms with Crippen LogP contribution < -0.4 is 5.73 Å². The Bertz CT molecular complexity index is 1150. The molecular weight excluding hydrogens is 481 g/mol. The third-order valence-corrected chi connectivity index (χ3v) is 8.54. The van der Waals surface area contributed by atoms with E-state index in [1.807, 2.05) is 0 Å². The van der Waals surface area contributed by atoms with Gasteiger partial charge >= 0.3 is 12.1 Å². The standard InChI is InChI=1S/C21H25F3N2O5S2/c22-21(23,24)18(10-12-32(26,29)13-11-19(25)20(27)28)16-6-8-17(9-7-16)33(30,31)14-15-4-2-1-3-5-15/h1-9,18-19,26H,10-14,25H2,(H,27,28)/t18?,19-,32?/m0/s1. The van der Waals surface area contributed by atoms with Crippen molar-refractivity contribution in [2.75, 3.05) is 11.5 Å². The second-order valence-corrected chi connectivity index (χ2v) is 12.1. The van der Waals surface area contributed by atoms with Gasteiger partial charge in [0.15, 0.2) is 9.84 Å². The van der Waals surface area contributed by atoms with E-state index in [-0.39, 0.29) is 22.6 Å². The van der Waals surface area contributed by atoms with Gasteiger partial charge in [0.05, 0.1) is 16.6 Å². The predicted octanol–water partition coefficient (Wildman–Crippen LogP) is 3.55. The highest BCUT2D eigenvalue weighted by Crippen LogP contribution is 2.38. The van der Waals surface area contributed by atoms with Gasteiger partial charge in [0.2, 0.25) is 0 Å². The second kappa shape index (κ2) is 10.7. The monoisotopic (exact) mass is 506 g/mol. The van der Waals surface area contributed by atoms with Gasteiger partial charge in [-0.05, 0) is 36.1 Å². The van der Waals surface area contributed by atoms with Crippen molar-refractivity contribution in [3.8, 4) is 0 Å². The summed E-state index contributed by atoms with van der Waals surface area (Å²) < 4.78 is 86.2. The maximum Gasteiger partial charge on any atom is 0.395 e. The molecule has 7 nitrogen and oxygen atoms in total. The zero-order chi connectivity index (χ0) is 24.9. The highest BCUT2D eigenvalue weighted by Gasteiger charge is 2.41. The van der Waals surface area contributed by atoms with Crippen molar-refractivity contribution in [1.82, 2.24) is 0 Å². The molecule has 0 saturated carbocycles. The molecule has 2 rings (SSSR count). The van der Waals surface area contributed by atoms with E-state index in [2.05, 4.69) is 0 Å². The van der Waals surface area contributed by atoms with Gasteiger partial charge in [0, 0.05) is 21.2 Å². The Hall–Kier alpha value is -2.44. The molecule has 2 aromatic rings. The van der Waals surface area contributed by atoms with E-state index < -0.39 is 61.6 Å². The van der Waals surface area contributed by atoms with Crippen molar-refractivity contribution >= 4 is 25.5 Å². The predicted molar refractivity (Wildman–Crippen MR) is 118 cm³/mol. The summed E-state index contributed by atoms with van der Waals surface area (Å²) in [5, 5.41) is 8.74. The van der Waals surface area contributed by atoms with Crippen molar-refractivity contribution in [2.45, 2.75) is 41.6 Å². The Kier molecular flexibility index (Phi) is 8.66. The maximum atomic E-state index is 13.7. The third kappa shape index (κ3) is 8.13. The number of rotatable bonds is 11. The quantitative estimate of drug-likeness (QED) is 0.426. The van der Waals surface area contributed by atoms with Crippen LogP contribution in [0.5, 0.6) is 0 Å². The Balaban J connectivity index is 2.15. The van der Waals surface area contributed by atoms with Crippen molar-refractivity contribution in [2.24, 2.45) is 5.73 Å². The van der Waals surface area contributed by atoms with E-state index in [4.69, 9.17) is 15.6 Å². The molecule has 0 bridgehead atoms. The molecule has 0 aliphatic heterocycles. The highest BCUT2D eigenvalue weighted by atomic mass is 32.2. The lowest BCUT2D eigenvalue weighted by atomic mass is 9.96. The van der Waals surface area contributed by atoms with Gasteiger partial charge in [-0.2, -0.15) is 13.2 Å². The summed E-state index contributed by atoms with van der Waals surface area (Å²) in [5.74, 6) is -4.72. The SMILES string of the molecule is N=S(=O)(CCC(c1ccc(S(=O)(=O)Cc2ccccc2)cc1)C(F)(F)F)CC[C@H](N)C(=O)O. The van der Waals surface area contributed by atoms with Crippen LogP contribution in [-0.2, 0) is 30.1 Å². The lowest BCUT2D eigenvalue weighted by molar-refractivity contribution is -0.150. The number of nitrogens with one attached hydrogen (secondary N) is 1. The lowest BCUT2D eigenvalue weighted by Crippen LogP contribution is -2.32. The Labute approximate surface area is 190 Å². The molecule has 0 aliphatic carbocycles. The number of carbonyl (C=O) groups is 1. The summed E-state index contributed by atoms with van der Waals surface area (Å²) in [6.45, 7) is 0. The molecule has 0 heterocycles. The molecule has 3 atom stereocenters. The van der Waals surface area contributed by atoms with E-state index >= 15 is 0 Å². The number of alkyl halides is 3. The van der Waals surface area contributed by atoms with Gasteiger partial charge in [-0.3, -0.25) is 9.57 Å². The topological polar surface area (TPSA) is 138 Å². The smallest absolute Gasteiger partial charge is 0.395 e. The lowest BCUT2D eigenvalue weighted by Gasteiger charge is -2.21. The zero-order valence-corrected chi connectivity index (χ0v) is 19.1. The van der Waals surface area contributed by atoms with Crippen LogP contribution in [0.2, 0.25) is 0 Å². The minimum atomic E-state index is -4.71. The Morgan fingerprint density at radius 1 is 0.970 bits per heavy atom. The second-order valence-electron chi connectivity index (χ2n) is 7.65. The minimum Gasteiger partial charge on any atom is -0.480 e. The molecule has 0 saturated heterocycles. The molecule has 33 heavy (non-hydrogen) atoms. The number of nitrogens with two attached hydrogens (primary N) is 1. The summed E-state index contributed by atoms with van der Waals surface area (Å²) in [6, 6.07) is 11.4. The summed E-state index contributed by atoms with van der Waals surface area (Å²) >= 11 is 0. The molecule has 4 N–H and O–H groups in total. The molecule has 0 fully saturated rings. The number of benzene rings is 2. The van der Waals surface area contributed by atoms with Crippen molar-refractivity contribution in [3.05, 3.63) is 65.7 Å². The first-order valence-electron chi connectivity index (χ1n) is 9.87. The van der Waals surface area contributed by atoms with Gasteiger partial charge in [0.25, 0.3) is 0 Å². The van der Waals surface area contributed by atoms with Crippen LogP contribution in [0.3, 0.4) is 0 Å². The molecule has 2 unspecified atom stereocenters. The first kappa shape index (κ1) is 26.8. The molecule has 0 aromatic heterocycles. The molecule has 0 spiro atoms. The molecule has 12 heteroatoms. The van der Waals surface area contributed by atoms with Gasteiger partial charge in [-0.15, -0.1) is 0 Å². The first-order chi connectivity index (χ1) is 15.2. The van der Waals surface area contributed by atoms with Gasteiger partial charge in [-0.1, -0.05) is 42.5 Å². The summed E-state index contributed by atoms with van der Waals surface area (Å²) in [7, 11) is -7.25. The fourth-order valence-electron chi connectivity index (χ4n) is 3.15. The molecule has 0 radical (unpaired) electrons. The normalized spacial score (nSPS) is 16.0. The number of sulfone groups is 1. The molecule has 2 aromatic carbocycles. The zero-order valence-electron chi connectivity index (χ0n) is 17.5. The highest BCUT2D eigenvalue weighted by molar-refractivity contribution is 7.92. The molecule has 0 aliphatic rings.